The van der Waals surface area contributed by atoms with Gasteiger partial charge in [-0.05, 0) is 43.7 Å². The fraction of sp³-hybridized carbons (Fsp3) is 0.316. The second-order valence-electron chi connectivity index (χ2n) is 6.31. The summed E-state index contributed by atoms with van der Waals surface area (Å²) in [6, 6.07) is 11.7. The summed E-state index contributed by atoms with van der Waals surface area (Å²) in [7, 11) is 0. The van der Waals surface area contributed by atoms with E-state index in [9.17, 15) is 9.18 Å². The molecule has 1 heterocycles. The molecule has 1 amide bonds. The highest BCUT2D eigenvalue weighted by Gasteiger charge is 2.26. The lowest BCUT2D eigenvalue weighted by Gasteiger charge is -2.32. The number of halogens is 3. The van der Waals surface area contributed by atoms with Gasteiger partial charge >= 0.3 is 0 Å². The van der Waals surface area contributed by atoms with E-state index in [0.717, 1.165) is 19.4 Å². The van der Waals surface area contributed by atoms with Crippen molar-refractivity contribution in [2.75, 3.05) is 18.4 Å². The molecule has 0 saturated carbocycles. The molecule has 1 atom stereocenters. The molecule has 2 aromatic rings. The van der Waals surface area contributed by atoms with E-state index in [-0.39, 0.29) is 17.6 Å². The maximum atomic E-state index is 13.8. The first kappa shape index (κ1) is 18.2. The number of rotatable bonds is 4. The van der Waals surface area contributed by atoms with Crippen molar-refractivity contribution in [2.45, 2.75) is 19.4 Å². The number of nitrogens with one attached hydrogen (secondary N) is 1. The van der Waals surface area contributed by atoms with Crippen LogP contribution in [0.4, 0.5) is 10.1 Å². The maximum absolute atomic E-state index is 13.8. The van der Waals surface area contributed by atoms with Gasteiger partial charge in [-0.25, -0.2) is 4.39 Å². The van der Waals surface area contributed by atoms with Gasteiger partial charge in [-0.3, -0.25) is 9.69 Å². The first-order valence-corrected chi connectivity index (χ1v) is 8.99. The van der Waals surface area contributed by atoms with E-state index in [1.54, 1.807) is 30.3 Å². The van der Waals surface area contributed by atoms with Gasteiger partial charge in [-0.1, -0.05) is 41.4 Å². The highest BCUT2D eigenvalue weighted by Crippen LogP contribution is 2.25. The van der Waals surface area contributed by atoms with Crippen LogP contribution in [0.5, 0.6) is 0 Å². The summed E-state index contributed by atoms with van der Waals surface area (Å²) >= 11 is 11.9. The maximum Gasteiger partial charge on any atom is 0.228 e. The number of hydrogen-bond acceptors (Lipinski definition) is 2. The molecule has 1 saturated heterocycles. The van der Waals surface area contributed by atoms with Crippen LogP contribution in [0.1, 0.15) is 18.4 Å². The summed E-state index contributed by atoms with van der Waals surface area (Å²) in [5.41, 5.74) is 1.25. The van der Waals surface area contributed by atoms with Gasteiger partial charge in [0.25, 0.3) is 0 Å². The molecule has 1 N–H and O–H groups in total. The number of carbonyl (C=O) groups is 1. The minimum Gasteiger partial charge on any atom is -0.326 e. The molecule has 0 bridgehead atoms. The number of piperidine rings is 1. The van der Waals surface area contributed by atoms with Crippen molar-refractivity contribution in [3.63, 3.8) is 0 Å². The molecule has 1 unspecified atom stereocenters. The minimum atomic E-state index is -0.206. The lowest BCUT2D eigenvalue weighted by atomic mass is 9.96. The Kier molecular flexibility index (Phi) is 5.94. The lowest BCUT2D eigenvalue weighted by Crippen LogP contribution is -2.40. The summed E-state index contributed by atoms with van der Waals surface area (Å²) in [4.78, 5) is 14.7. The Morgan fingerprint density at radius 1 is 1.20 bits per heavy atom. The van der Waals surface area contributed by atoms with Crippen LogP contribution in [-0.2, 0) is 11.3 Å². The van der Waals surface area contributed by atoms with E-state index in [1.807, 2.05) is 6.07 Å². The van der Waals surface area contributed by atoms with Gasteiger partial charge in [-0.2, -0.15) is 0 Å². The molecule has 3 nitrogen and oxygen atoms in total. The number of benzene rings is 2. The second-order valence-corrected chi connectivity index (χ2v) is 7.19. The molecular weight excluding hydrogens is 362 g/mol. The third-order valence-corrected chi connectivity index (χ3v) is 4.79. The molecule has 0 radical (unpaired) electrons. The Labute approximate surface area is 156 Å². The minimum absolute atomic E-state index is 0.0587. The summed E-state index contributed by atoms with van der Waals surface area (Å²) in [5, 5.41) is 3.84. The van der Waals surface area contributed by atoms with Crippen molar-refractivity contribution >= 4 is 34.8 Å². The number of hydrogen-bond donors (Lipinski definition) is 1. The lowest BCUT2D eigenvalue weighted by molar-refractivity contribution is -0.121. The molecule has 1 aliphatic heterocycles. The summed E-state index contributed by atoms with van der Waals surface area (Å²) in [6.07, 6.45) is 1.72. The topological polar surface area (TPSA) is 32.3 Å². The zero-order valence-electron chi connectivity index (χ0n) is 13.6. The second kappa shape index (κ2) is 8.17. The van der Waals surface area contributed by atoms with Gasteiger partial charge in [0.15, 0.2) is 0 Å². The van der Waals surface area contributed by atoms with Crippen LogP contribution in [0.2, 0.25) is 10.0 Å². The Morgan fingerprint density at radius 2 is 1.92 bits per heavy atom. The van der Waals surface area contributed by atoms with Crippen molar-refractivity contribution in [3.8, 4) is 0 Å². The van der Waals surface area contributed by atoms with Crippen LogP contribution in [0.15, 0.2) is 42.5 Å². The Bertz CT molecular complexity index is 749. The predicted octanol–water partition coefficient (Wildman–Crippen LogP) is 4.98. The largest absolute Gasteiger partial charge is 0.326 e. The van der Waals surface area contributed by atoms with Gasteiger partial charge in [-0.15, -0.1) is 0 Å². The fourth-order valence-electron chi connectivity index (χ4n) is 3.15. The fourth-order valence-corrected chi connectivity index (χ4v) is 3.68. The van der Waals surface area contributed by atoms with E-state index in [4.69, 9.17) is 23.2 Å². The van der Waals surface area contributed by atoms with Crippen LogP contribution >= 0.6 is 23.2 Å². The van der Waals surface area contributed by atoms with Crippen molar-refractivity contribution in [2.24, 2.45) is 5.92 Å². The average Bonchev–Trinajstić information content (AvgIpc) is 2.56. The predicted molar refractivity (Wildman–Crippen MR) is 99.5 cm³/mol. The zero-order valence-corrected chi connectivity index (χ0v) is 15.2. The molecule has 25 heavy (non-hydrogen) atoms. The number of nitrogens with zero attached hydrogens (tertiary/aromatic N) is 1. The number of carbonyl (C=O) groups excluding carboxylic acids is 1. The van der Waals surface area contributed by atoms with E-state index >= 15 is 0 Å². The van der Waals surface area contributed by atoms with Crippen molar-refractivity contribution in [1.29, 1.82) is 0 Å². The Morgan fingerprint density at radius 3 is 2.64 bits per heavy atom. The molecular formula is C19H19Cl2FN2O. The average molecular weight is 381 g/mol. The standard InChI is InChI=1S/C19H19Cl2FN2O/c20-15-8-16(21)10-17(9-15)23-19(25)14-5-3-7-24(12-14)11-13-4-1-2-6-18(13)22/h1-2,4,6,8-10,14H,3,5,7,11-12H2,(H,23,25). The van der Waals surface area contributed by atoms with Gasteiger partial charge in [0.2, 0.25) is 5.91 Å². The van der Waals surface area contributed by atoms with E-state index in [0.29, 0.717) is 34.4 Å². The van der Waals surface area contributed by atoms with Crippen molar-refractivity contribution in [3.05, 3.63) is 63.9 Å². The van der Waals surface area contributed by atoms with Crippen LogP contribution in [0.3, 0.4) is 0 Å². The molecule has 0 aromatic heterocycles. The SMILES string of the molecule is O=C(Nc1cc(Cl)cc(Cl)c1)C1CCCN(Cc2ccccc2F)C1. The van der Waals surface area contributed by atoms with Crippen molar-refractivity contribution in [1.82, 2.24) is 4.90 Å². The Balaban J connectivity index is 1.62. The van der Waals surface area contributed by atoms with E-state index in [2.05, 4.69) is 10.2 Å². The zero-order chi connectivity index (χ0) is 17.8. The quantitative estimate of drug-likeness (QED) is 0.810. The van der Waals surface area contributed by atoms with Gasteiger partial charge in [0, 0.05) is 34.4 Å². The summed E-state index contributed by atoms with van der Waals surface area (Å²) in [6.45, 7) is 1.98. The van der Waals surface area contributed by atoms with Crippen LogP contribution in [0, 0.1) is 11.7 Å². The summed E-state index contributed by atoms with van der Waals surface area (Å²) in [5.74, 6) is -0.405. The number of amides is 1. The smallest absolute Gasteiger partial charge is 0.228 e. The third-order valence-electron chi connectivity index (χ3n) is 4.36. The van der Waals surface area contributed by atoms with Crippen LogP contribution in [-0.4, -0.2) is 23.9 Å². The molecule has 3 rings (SSSR count). The Hall–Kier alpha value is -1.62. The molecule has 1 fully saturated rings. The molecule has 132 valence electrons. The molecule has 0 spiro atoms. The molecule has 0 aliphatic carbocycles. The normalized spacial score (nSPS) is 18.1. The highest BCUT2D eigenvalue weighted by molar-refractivity contribution is 6.35. The van der Waals surface area contributed by atoms with Crippen molar-refractivity contribution < 1.29 is 9.18 Å². The van der Waals surface area contributed by atoms with Gasteiger partial charge < -0.3 is 5.32 Å². The van der Waals surface area contributed by atoms with E-state index in [1.165, 1.54) is 6.07 Å². The monoisotopic (exact) mass is 380 g/mol. The first-order valence-electron chi connectivity index (χ1n) is 8.24. The molecule has 6 heteroatoms. The third kappa shape index (κ3) is 4.94. The number of likely N-dealkylation sites (tertiary alicyclic amines) is 1. The van der Waals surface area contributed by atoms with Crippen LogP contribution < -0.4 is 5.32 Å². The first-order chi connectivity index (χ1) is 12.0. The highest BCUT2D eigenvalue weighted by atomic mass is 35.5. The van der Waals surface area contributed by atoms with E-state index < -0.39 is 0 Å². The van der Waals surface area contributed by atoms with Gasteiger partial charge in [0.1, 0.15) is 5.82 Å². The molecule has 1 aliphatic rings. The molecule has 2 aromatic carbocycles. The summed E-state index contributed by atoms with van der Waals surface area (Å²) < 4.78 is 13.8. The number of anilines is 1. The van der Waals surface area contributed by atoms with Crippen LogP contribution in [0.25, 0.3) is 0 Å². The van der Waals surface area contributed by atoms with Gasteiger partial charge in [0.05, 0.1) is 5.92 Å².